The Hall–Kier alpha value is -1.04. The molecule has 1 aromatic carbocycles. The van der Waals surface area contributed by atoms with Gasteiger partial charge in [-0.1, -0.05) is 58.0 Å². The molecule has 0 saturated heterocycles. The van der Waals surface area contributed by atoms with Crippen molar-refractivity contribution in [3.8, 4) is 0 Å². The Kier molecular flexibility index (Phi) is 2.68. The molecule has 0 unspecified atom stereocenters. The van der Waals surface area contributed by atoms with Crippen LogP contribution in [0, 0.1) is 11.8 Å². The second kappa shape index (κ2) is 3.84. The highest BCUT2D eigenvalue weighted by Crippen LogP contribution is 2.37. The third-order valence-electron chi connectivity index (χ3n) is 3.12. The molecule has 0 nitrogen and oxygen atoms in total. The van der Waals surface area contributed by atoms with Crippen molar-refractivity contribution in [2.75, 3.05) is 0 Å². The maximum atomic E-state index is 2.28. The summed E-state index contributed by atoms with van der Waals surface area (Å²) >= 11 is 0. The van der Waals surface area contributed by atoms with E-state index in [0.717, 1.165) is 0 Å². The normalized spacial score (nSPS) is 15.3. The maximum Gasteiger partial charge on any atom is 0.0298 e. The van der Waals surface area contributed by atoms with Gasteiger partial charge in [0.15, 0.2) is 0 Å². The Morgan fingerprint density at radius 3 is 2.20 bits per heavy atom. The lowest BCUT2D eigenvalue weighted by Crippen LogP contribution is -2.04. The van der Waals surface area contributed by atoms with Gasteiger partial charge in [0.1, 0.15) is 0 Å². The third kappa shape index (κ3) is 1.73. The first-order valence-electron chi connectivity index (χ1n) is 5.79. The van der Waals surface area contributed by atoms with Crippen molar-refractivity contribution in [3.05, 3.63) is 46.9 Å². The number of allylic oxidation sites excluding steroid dienone is 1. The van der Waals surface area contributed by atoms with E-state index < -0.39 is 0 Å². The number of hydrogen-bond acceptors (Lipinski definition) is 0. The zero-order valence-corrected chi connectivity index (χ0v) is 10.0. The summed E-state index contributed by atoms with van der Waals surface area (Å²) in [6.45, 7) is 9.04. The Morgan fingerprint density at radius 1 is 0.867 bits per heavy atom. The standard InChI is InChI=1S/C15H19/c1-10(2)12-6-5-7-14-13(11(3)4)8-9-15(12)14/h5-11H,1-4H3. The first-order chi connectivity index (χ1) is 7.11. The third-order valence-corrected chi connectivity index (χ3v) is 3.12. The number of fused-ring (bicyclic) bond motifs is 1. The molecule has 1 radical (unpaired) electrons. The van der Waals surface area contributed by atoms with Gasteiger partial charge in [-0.2, -0.15) is 0 Å². The summed E-state index contributed by atoms with van der Waals surface area (Å²) in [5, 5.41) is 0. The van der Waals surface area contributed by atoms with E-state index in [0.29, 0.717) is 11.8 Å². The fraction of sp³-hybridized carbons (Fsp3) is 0.400. The van der Waals surface area contributed by atoms with Gasteiger partial charge in [-0.3, -0.25) is 0 Å². The molecule has 0 fully saturated rings. The second-order valence-electron chi connectivity index (χ2n) is 4.91. The van der Waals surface area contributed by atoms with Gasteiger partial charge < -0.3 is 0 Å². The van der Waals surface area contributed by atoms with Gasteiger partial charge in [0.2, 0.25) is 0 Å². The van der Waals surface area contributed by atoms with Crippen molar-refractivity contribution in [1.82, 2.24) is 0 Å². The van der Waals surface area contributed by atoms with E-state index >= 15 is 0 Å². The Balaban J connectivity index is 2.48. The molecular weight excluding hydrogens is 180 g/mol. The van der Waals surface area contributed by atoms with Crippen molar-refractivity contribution in [1.29, 1.82) is 0 Å². The van der Waals surface area contributed by atoms with Gasteiger partial charge >= 0.3 is 0 Å². The SMILES string of the molecule is CC(C)[C]1C=Cc2c1cccc2C(C)C. The van der Waals surface area contributed by atoms with Crippen molar-refractivity contribution in [2.24, 2.45) is 5.92 Å². The highest BCUT2D eigenvalue weighted by atomic mass is 14.3. The van der Waals surface area contributed by atoms with Crippen LogP contribution in [0.3, 0.4) is 0 Å². The summed E-state index contributed by atoms with van der Waals surface area (Å²) in [4.78, 5) is 0. The molecule has 0 atom stereocenters. The Labute approximate surface area is 93.0 Å². The fourth-order valence-corrected chi connectivity index (χ4v) is 2.29. The van der Waals surface area contributed by atoms with E-state index in [9.17, 15) is 0 Å². The quantitative estimate of drug-likeness (QED) is 0.661. The summed E-state index contributed by atoms with van der Waals surface area (Å²) in [7, 11) is 0. The summed E-state index contributed by atoms with van der Waals surface area (Å²) in [5.74, 6) is 2.70. The molecule has 0 heteroatoms. The van der Waals surface area contributed by atoms with Gasteiger partial charge in [-0.15, -0.1) is 0 Å². The minimum atomic E-state index is 0.608. The maximum absolute atomic E-state index is 2.28. The molecule has 0 spiro atoms. The molecule has 0 amide bonds. The van der Waals surface area contributed by atoms with E-state index in [1.807, 2.05) is 0 Å². The minimum absolute atomic E-state index is 0.608. The zero-order chi connectivity index (χ0) is 11.0. The van der Waals surface area contributed by atoms with E-state index in [-0.39, 0.29) is 0 Å². The average Bonchev–Trinajstić information content (AvgIpc) is 2.59. The number of hydrogen-bond donors (Lipinski definition) is 0. The molecule has 1 aliphatic carbocycles. The highest BCUT2D eigenvalue weighted by Gasteiger charge is 2.23. The first kappa shape index (κ1) is 10.5. The predicted octanol–water partition coefficient (Wildman–Crippen LogP) is 4.42. The van der Waals surface area contributed by atoms with Crippen molar-refractivity contribution in [3.63, 3.8) is 0 Å². The lowest BCUT2D eigenvalue weighted by molar-refractivity contribution is 0.723. The molecular formula is C15H19. The average molecular weight is 199 g/mol. The highest BCUT2D eigenvalue weighted by molar-refractivity contribution is 5.71. The number of rotatable bonds is 2. The monoisotopic (exact) mass is 199 g/mol. The summed E-state index contributed by atoms with van der Waals surface area (Å²) < 4.78 is 0. The molecule has 0 saturated carbocycles. The first-order valence-corrected chi connectivity index (χ1v) is 5.79. The summed E-state index contributed by atoms with van der Waals surface area (Å²) in [6, 6.07) is 6.68. The molecule has 0 bridgehead atoms. The van der Waals surface area contributed by atoms with Crippen LogP contribution in [0.4, 0.5) is 0 Å². The van der Waals surface area contributed by atoms with Crippen molar-refractivity contribution >= 4 is 6.08 Å². The Morgan fingerprint density at radius 2 is 1.60 bits per heavy atom. The van der Waals surface area contributed by atoms with Gasteiger partial charge in [-0.25, -0.2) is 0 Å². The second-order valence-corrected chi connectivity index (χ2v) is 4.91. The van der Waals surface area contributed by atoms with E-state index in [1.165, 1.54) is 22.6 Å². The molecule has 15 heavy (non-hydrogen) atoms. The summed E-state index contributed by atoms with van der Waals surface area (Å²) in [5.41, 5.74) is 4.35. The van der Waals surface area contributed by atoms with Gasteiger partial charge in [-0.05, 0) is 28.5 Å². The van der Waals surface area contributed by atoms with Crippen LogP contribution in [0.25, 0.3) is 6.08 Å². The lowest BCUT2D eigenvalue weighted by Gasteiger charge is -2.16. The minimum Gasteiger partial charge on any atom is -0.0718 e. The fourth-order valence-electron chi connectivity index (χ4n) is 2.29. The van der Waals surface area contributed by atoms with Crippen LogP contribution in [0.1, 0.15) is 50.3 Å². The molecule has 2 rings (SSSR count). The van der Waals surface area contributed by atoms with E-state index in [2.05, 4.69) is 58.0 Å². The van der Waals surface area contributed by atoms with Gasteiger partial charge in [0, 0.05) is 5.92 Å². The topological polar surface area (TPSA) is 0 Å². The molecule has 1 aliphatic rings. The summed E-state index contributed by atoms with van der Waals surface area (Å²) in [6.07, 6.45) is 4.56. The molecule has 0 aromatic heterocycles. The van der Waals surface area contributed by atoms with Gasteiger partial charge in [0.25, 0.3) is 0 Å². The van der Waals surface area contributed by atoms with E-state index in [4.69, 9.17) is 0 Å². The van der Waals surface area contributed by atoms with Crippen LogP contribution in [0.2, 0.25) is 0 Å². The van der Waals surface area contributed by atoms with Crippen LogP contribution in [0.15, 0.2) is 24.3 Å². The van der Waals surface area contributed by atoms with Crippen molar-refractivity contribution in [2.45, 2.75) is 33.6 Å². The zero-order valence-electron chi connectivity index (χ0n) is 10.0. The molecule has 1 aromatic rings. The van der Waals surface area contributed by atoms with E-state index in [1.54, 1.807) is 0 Å². The van der Waals surface area contributed by atoms with Crippen LogP contribution in [-0.2, 0) is 0 Å². The predicted molar refractivity (Wildman–Crippen MR) is 66.7 cm³/mol. The molecule has 0 aliphatic heterocycles. The smallest absolute Gasteiger partial charge is 0.0298 e. The molecule has 0 N–H and O–H groups in total. The largest absolute Gasteiger partial charge is 0.0718 e. The van der Waals surface area contributed by atoms with Gasteiger partial charge in [0.05, 0.1) is 0 Å². The van der Waals surface area contributed by atoms with Crippen LogP contribution in [0.5, 0.6) is 0 Å². The molecule has 79 valence electrons. The van der Waals surface area contributed by atoms with Crippen LogP contribution >= 0.6 is 0 Å². The van der Waals surface area contributed by atoms with Crippen LogP contribution < -0.4 is 0 Å². The lowest BCUT2D eigenvalue weighted by atomic mass is 9.87. The van der Waals surface area contributed by atoms with Crippen LogP contribution in [-0.4, -0.2) is 0 Å². The van der Waals surface area contributed by atoms with Crippen molar-refractivity contribution < 1.29 is 0 Å². The molecule has 0 heterocycles. The Bertz CT molecular complexity index is 383. The number of benzene rings is 1.